The van der Waals surface area contributed by atoms with Crippen molar-refractivity contribution >= 4 is 0 Å². The van der Waals surface area contributed by atoms with Crippen LogP contribution in [0.25, 0.3) is 0 Å². The highest BCUT2D eigenvalue weighted by Crippen LogP contribution is 2.44. The Morgan fingerprint density at radius 3 is 2.45 bits per heavy atom. The molecular formula is C18H36N2. The maximum absolute atomic E-state index is 3.87. The van der Waals surface area contributed by atoms with Gasteiger partial charge in [-0.25, -0.2) is 0 Å². The lowest BCUT2D eigenvalue weighted by molar-refractivity contribution is 0.0160. The minimum Gasteiger partial charge on any atom is -0.311 e. The smallest absolute Gasteiger partial charge is 0.0334 e. The summed E-state index contributed by atoms with van der Waals surface area (Å²) in [5, 5.41) is 3.87. The molecule has 2 rings (SSSR count). The van der Waals surface area contributed by atoms with Crippen molar-refractivity contribution in [3.63, 3.8) is 0 Å². The number of hydrogen-bond acceptors (Lipinski definition) is 2. The number of hydrogen-bond donors (Lipinski definition) is 1. The van der Waals surface area contributed by atoms with E-state index in [0.717, 1.165) is 11.8 Å². The third-order valence-electron chi connectivity index (χ3n) is 5.78. The van der Waals surface area contributed by atoms with E-state index in [1.165, 1.54) is 45.3 Å². The van der Waals surface area contributed by atoms with E-state index < -0.39 is 0 Å². The van der Waals surface area contributed by atoms with Crippen molar-refractivity contribution in [3.8, 4) is 0 Å². The summed E-state index contributed by atoms with van der Waals surface area (Å²) in [5.74, 6) is 1.73. The molecule has 1 N–H and O–H groups in total. The molecule has 0 amide bonds. The van der Waals surface area contributed by atoms with Crippen molar-refractivity contribution in [1.29, 1.82) is 0 Å². The Labute approximate surface area is 126 Å². The molecule has 20 heavy (non-hydrogen) atoms. The Morgan fingerprint density at radius 2 is 1.95 bits per heavy atom. The van der Waals surface area contributed by atoms with Crippen LogP contribution < -0.4 is 5.32 Å². The van der Waals surface area contributed by atoms with Gasteiger partial charge < -0.3 is 5.32 Å². The normalized spacial score (nSPS) is 34.2. The molecule has 3 unspecified atom stereocenters. The molecule has 1 heterocycles. The highest BCUT2D eigenvalue weighted by molar-refractivity contribution is 5.05. The van der Waals surface area contributed by atoms with Crippen molar-refractivity contribution in [2.75, 3.05) is 19.6 Å². The van der Waals surface area contributed by atoms with E-state index in [-0.39, 0.29) is 0 Å². The van der Waals surface area contributed by atoms with Crippen LogP contribution >= 0.6 is 0 Å². The van der Waals surface area contributed by atoms with Gasteiger partial charge in [0.25, 0.3) is 0 Å². The van der Waals surface area contributed by atoms with Crippen molar-refractivity contribution in [2.45, 2.75) is 78.8 Å². The average molecular weight is 280 g/mol. The molecule has 1 saturated carbocycles. The Hall–Kier alpha value is -0.0800. The molecule has 1 saturated heterocycles. The first kappa shape index (κ1) is 16.3. The van der Waals surface area contributed by atoms with Crippen LogP contribution in [0.1, 0.15) is 67.2 Å². The van der Waals surface area contributed by atoms with E-state index in [9.17, 15) is 0 Å². The zero-order chi connectivity index (χ0) is 15.0. The molecule has 0 spiro atoms. The van der Waals surface area contributed by atoms with Crippen molar-refractivity contribution in [3.05, 3.63) is 0 Å². The molecule has 0 aromatic rings. The number of piperazine rings is 1. The molecule has 1 aliphatic heterocycles. The lowest BCUT2D eigenvalue weighted by atomic mass is 9.84. The third kappa shape index (κ3) is 3.76. The molecule has 2 heteroatoms. The molecule has 118 valence electrons. The Balaban J connectivity index is 2.03. The molecule has 0 aromatic heterocycles. The average Bonchev–Trinajstić information content (AvgIpc) is 3.20. The van der Waals surface area contributed by atoms with E-state index in [1.54, 1.807) is 0 Å². The lowest BCUT2D eigenvalue weighted by Crippen LogP contribution is -2.65. The zero-order valence-corrected chi connectivity index (χ0v) is 14.6. The standard InChI is InChI=1S/C18H36N2/c1-7-14(2)16-12-20(11-10-17(3,4)5)18(6,13-19-16)15-8-9-15/h14-16,19H,7-13H2,1-6H3. The maximum atomic E-state index is 3.87. The van der Waals surface area contributed by atoms with Crippen LogP contribution in [0.15, 0.2) is 0 Å². The van der Waals surface area contributed by atoms with Crippen LogP contribution in [0.4, 0.5) is 0 Å². The number of nitrogens with zero attached hydrogens (tertiary/aromatic N) is 1. The minimum absolute atomic E-state index is 0.412. The maximum Gasteiger partial charge on any atom is 0.0334 e. The SMILES string of the molecule is CCC(C)C1CN(CCC(C)(C)C)C(C)(C2CC2)CN1. The van der Waals surface area contributed by atoms with Gasteiger partial charge in [0.15, 0.2) is 0 Å². The van der Waals surface area contributed by atoms with Gasteiger partial charge in [-0.05, 0) is 50.0 Å². The first-order valence-corrected chi connectivity index (χ1v) is 8.74. The summed E-state index contributed by atoms with van der Waals surface area (Å²) in [6.07, 6.45) is 5.48. The lowest BCUT2D eigenvalue weighted by Gasteiger charge is -2.50. The van der Waals surface area contributed by atoms with Crippen LogP contribution in [0.3, 0.4) is 0 Å². The second kappa shape index (κ2) is 5.96. The van der Waals surface area contributed by atoms with Gasteiger partial charge in [0.1, 0.15) is 0 Å². The quantitative estimate of drug-likeness (QED) is 0.821. The largest absolute Gasteiger partial charge is 0.311 e. The van der Waals surface area contributed by atoms with E-state index in [1.807, 2.05) is 0 Å². The van der Waals surface area contributed by atoms with Gasteiger partial charge in [0.05, 0.1) is 0 Å². The molecule has 3 atom stereocenters. The molecule has 1 aliphatic carbocycles. The topological polar surface area (TPSA) is 15.3 Å². The summed E-state index contributed by atoms with van der Waals surface area (Å²) in [7, 11) is 0. The molecule has 2 nitrogen and oxygen atoms in total. The monoisotopic (exact) mass is 280 g/mol. The Morgan fingerprint density at radius 1 is 1.30 bits per heavy atom. The van der Waals surface area contributed by atoms with Crippen LogP contribution in [0.2, 0.25) is 0 Å². The summed E-state index contributed by atoms with van der Waals surface area (Å²) >= 11 is 0. The fourth-order valence-electron chi connectivity index (χ4n) is 3.55. The Kier molecular flexibility index (Phi) is 4.86. The second-order valence-corrected chi connectivity index (χ2v) is 8.76. The van der Waals surface area contributed by atoms with Crippen LogP contribution in [0, 0.1) is 17.3 Å². The van der Waals surface area contributed by atoms with Gasteiger partial charge in [-0.15, -0.1) is 0 Å². The van der Waals surface area contributed by atoms with E-state index in [4.69, 9.17) is 0 Å². The van der Waals surface area contributed by atoms with Crippen LogP contribution in [0.5, 0.6) is 0 Å². The molecule has 2 aliphatic rings. The van der Waals surface area contributed by atoms with Crippen LogP contribution in [-0.2, 0) is 0 Å². The van der Waals surface area contributed by atoms with E-state index >= 15 is 0 Å². The van der Waals surface area contributed by atoms with Gasteiger partial charge in [0, 0.05) is 24.7 Å². The summed E-state index contributed by atoms with van der Waals surface area (Å²) < 4.78 is 0. The first-order chi connectivity index (χ1) is 9.26. The van der Waals surface area contributed by atoms with E-state index in [0.29, 0.717) is 17.0 Å². The van der Waals surface area contributed by atoms with Gasteiger partial charge in [-0.2, -0.15) is 0 Å². The molecule has 0 bridgehead atoms. The minimum atomic E-state index is 0.412. The molecular weight excluding hydrogens is 244 g/mol. The van der Waals surface area contributed by atoms with Gasteiger partial charge in [-0.1, -0.05) is 41.0 Å². The van der Waals surface area contributed by atoms with Crippen molar-refractivity contribution in [2.24, 2.45) is 17.3 Å². The summed E-state index contributed by atoms with van der Waals surface area (Å²) in [5.41, 5.74) is 0.858. The predicted octanol–water partition coefficient (Wildman–Crippen LogP) is 3.91. The van der Waals surface area contributed by atoms with Gasteiger partial charge in [-0.3, -0.25) is 4.90 Å². The summed E-state index contributed by atoms with van der Waals surface area (Å²) in [4.78, 5) is 2.84. The third-order valence-corrected chi connectivity index (χ3v) is 5.78. The molecule has 0 aromatic carbocycles. The van der Waals surface area contributed by atoms with Gasteiger partial charge >= 0.3 is 0 Å². The van der Waals surface area contributed by atoms with Crippen molar-refractivity contribution < 1.29 is 0 Å². The number of rotatable bonds is 5. The highest BCUT2D eigenvalue weighted by Gasteiger charge is 2.48. The zero-order valence-electron chi connectivity index (χ0n) is 14.6. The summed E-state index contributed by atoms with van der Waals surface area (Å²) in [6, 6.07) is 0.687. The summed E-state index contributed by atoms with van der Waals surface area (Å²) in [6.45, 7) is 18.1. The predicted molar refractivity (Wildman–Crippen MR) is 88.0 cm³/mol. The molecule has 2 fully saturated rings. The van der Waals surface area contributed by atoms with Crippen LogP contribution in [-0.4, -0.2) is 36.1 Å². The fraction of sp³-hybridized carbons (Fsp3) is 1.00. The fourth-order valence-corrected chi connectivity index (χ4v) is 3.55. The van der Waals surface area contributed by atoms with Crippen molar-refractivity contribution in [1.82, 2.24) is 10.2 Å². The van der Waals surface area contributed by atoms with E-state index in [2.05, 4.69) is 51.8 Å². The Bertz CT molecular complexity index is 316. The first-order valence-electron chi connectivity index (χ1n) is 8.74. The molecule has 0 radical (unpaired) electrons. The number of nitrogens with one attached hydrogen (secondary N) is 1. The second-order valence-electron chi connectivity index (χ2n) is 8.76. The highest BCUT2D eigenvalue weighted by atomic mass is 15.3. The van der Waals surface area contributed by atoms with Gasteiger partial charge in [0.2, 0.25) is 0 Å².